The first-order valence-electron chi connectivity index (χ1n) is 6.25. The van der Waals surface area contributed by atoms with Crippen molar-refractivity contribution in [2.75, 3.05) is 25.9 Å². The molecule has 0 heterocycles. The first kappa shape index (κ1) is 14.0. The summed E-state index contributed by atoms with van der Waals surface area (Å²) in [5.74, 6) is 0.660. The SMILES string of the molecule is CCC(C)CN(C)CC(O)c1cccc(N)c1. The molecule has 0 saturated heterocycles. The zero-order chi connectivity index (χ0) is 12.8. The molecule has 2 unspecified atom stereocenters. The molecule has 17 heavy (non-hydrogen) atoms. The molecule has 1 rings (SSSR count). The van der Waals surface area contributed by atoms with Crippen LogP contribution in [0.4, 0.5) is 5.69 Å². The van der Waals surface area contributed by atoms with Gasteiger partial charge in [-0.2, -0.15) is 0 Å². The average Bonchev–Trinajstić information content (AvgIpc) is 2.28. The Hall–Kier alpha value is -1.06. The van der Waals surface area contributed by atoms with Gasteiger partial charge in [-0.3, -0.25) is 0 Å². The van der Waals surface area contributed by atoms with E-state index in [0.717, 1.165) is 12.1 Å². The van der Waals surface area contributed by atoms with Gasteiger partial charge in [-0.15, -0.1) is 0 Å². The standard InChI is InChI=1S/C14H24N2O/c1-4-11(2)9-16(3)10-14(17)12-6-5-7-13(15)8-12/h5-8,11,14,17H,4,9-10,15H2,1-3H3. The summed E-state index contributed by atoms with van der Waals surface area (Å²) in [7, 11) is 2.04. The van der Waals surface area contributed by atoms with Crippen molar-refractivity contribution < 1.29 is 5.11 Å². The third-order valence-electron chi connectivity index (χ3n) is 3.10. The third-order valence-corrected chi connectivity index (χ3v) is 3.10. The van der Waals surface area contributed by atoms with E-state index >= 15 is 0 Å². The summed E-state index contributed by atoms with van der Waals surface area (Å²) >= 11 is 0. The Balaban J connectivity index is 2.51. The van der Waals surface area contributed by atoms with Crippen molar-refractivity contribution in [1.82, 2.24) is 4.90 Å². The quantitative estimate of drug-likeness (QED) is 0.745. The van der Waals surface area contributed by atoms with Crippen molar-refractivity contribution in [3.63, 3.8) is 0 Å². The highest BCUT2D eigenvalue weighted by Crippen LogP contribution is 2.17. The predicted molar refractivity (Wildman–Crippen MR) is 72.8 cm³/mol. The normalized spacial score (nSPS) is 14.9. The summed E-state index contributed by atoms with van der Waals surface area (Å²) in [5, 5.41) is 10.1. The highest BCUT2D eigenvalue weighted by molar-refractivity contribution is 5.41. The molecule has 96 valence electrons. The maximum absolute atomic E-state index is 10.1. The predicted octanol–water partition coefficient (Wildman–Crippen LogP) is 2.28. The number of nitrogens with zero attached hydrogens (tertiary/aromatic N) is 1. The lowest BCUT2D eigenvalue weighted by molar-refractivity contribution is 0.119. The number of likely N-dealkylation sites (N-methyl/N-ethyl adjacent to an activating group) is 1. The van der Waals surface area contributed by atoms with Crippen LogP contribution in [0, 0.1) is 5.92 Å². The average molecular weight is 236 g/mol. The van der Waals surface area contributed by atoms with Crippen LogP contribution in [0.15, 0.2) is 24.3 Å². The van der Waals surface area contributed by atoms with Crippen molar-refractivity contribution in [3.05, 3.63) is 29.8 Å². The van der Waals surface area contributed by atoms with E-state index in [4.69, 9.17) is 5.73 Å². The van der Waals surface area contributed by atoms with Crippen LogP contribution in [-0.4, -0.2) is 30.1 Å². The lowest BCUT2D eigenvalue weighted by Gasteiger charge is -2.23. The Labute approximate surface area is 104 Å². The van der Waals surface area contributed by atoms with E-state index in [2.05, 4.69) is 18.7 Å². The molecule has 0 spiro atoms. The van der Waals surface area contributed by atoms with Crippen molar-refractivity contribution in [3.8, 4) is 0 Å². The van der Waals surface area contributed by atoms with Crippen LogP contribution in [0.2, 0.25) is 0 Å². The second kappa shape index (κ2) is 6.62. The van der Waals surface area contributed by atoms with Gasteiger partial charge in [-0.25, -0.2) is 0 Å². The minimum absolute atomic E-state index is 0.465. The van der Waals surface area contributed by atoms with Crippen molar-refractivity contribution in [2.45, 2.75) is 26.4 Å². The fourth-order valence-corrected chi connectivity index (χ4v) is 1.90. The van der Waals surface area contributed by atoms with Crippen LogP contribution < -0.4 is 5.73 Å². The smallest absolute Gasteiger partial charge is 0.0917 e. The number of rotatable bonds is 6. The van der Waals surface area contributed by atoms with E-state index in [0.29, 0.717) is 18.2 Å². The topological polar surface area (TPSA) is 49.5 Å². The third kappa shape index (κ3) is 4.75. The molecule has 3 heteroatoms. The summed E-state index contributed by atoms with van der Waals surface area (Å²) in [6.45, 7) is 6.07. The van der Waals surface area contributed by atoms with E-state index in [-0.39, 0.29) is 0 Å². The van der Waals surface area contributed by atoms with Crippen molar-refractivity contribution in [2.24, 2.45) is 5.92 Å². The maximum atomic E-state index is 10.1. The second-order valence-electron chi connectivity index (χ2n) is 4.92. The summed E-state index contributed by atoms with van der Waals surface area (Å²) in [5.41, 5.74) is 7.29. The van der Waals surface area contributed by atoms with Gasteiger partial charge >= 0.3 is 0 Å². The van der Waals surface area contributed by atoms with Crippen molar-refractivity contribution >= 4 is 5.69 Å². The largest absolute Gasteiger partial charge is 0.399 e. The molecule has 0 bridgehead atoms. The van der Waals surface area contributed by atoms with E-state index in [9.17, 15) is 5.11 Å². The second-order valence-corrected chi connectivity index (χ2v) is 4.92. The molecule has 0 amide bonds. The number of aliphatic hydroxyl groups excluding tert-OH is 1. The van der Waals surface area contributed by atoms with Crippen LogP contribution in [0.3, 0.4) is 0 Å². The molecule has 1 aromatic rings. The van der Waals surface area contributed by atoms with Crippen LogP contribution in [0.1, 0.15) is 31.9 Å². The molecule has 3 N–H and O–H groups in total. The van der Waals surface area contributed by atoms with Gasteiger partial charge in [0, 0.05) is 18.8 Å². The van der Waals surface area contributed by atoms with Gasteiger partial charge in [0.15, 0.2) is 0 Å². The van der Waals surface area contributed by atoms with Crippen LogP contribution in [-0.2, 0) is 0 Å². The van der Waals surface area contributed by atoms with Gasteiger partial charge in [0.1, 0.15) is 0 Å². The summed E-state index contributed by atoms with van der Waals surface area (Å²) in [6.07, 6.45) is 0.700. The minimum atomic E-state index is -0.465. The summed E-state index contributed by atoms with van der Waals surface area (Å²) in [4.78, 5) is 2.17. The molecule has 3 nitrogen and oxygen atoms in total. The summed E-state index contributed by atoms with van der Waals surface area (Å²) in [6, 6.07) is 7.46. The van der Waals surface area contributed by atoms with Gasteiger partial charge in [0.05, 0.1) is 6.10 Å². The fraction of sp³-hybridized carbons (Fsp3) is 0.571. The number of hydrogen-bond donors (Lipinski definition) is 2. The molecule has 0 saturated carbocycles. The van der Waals surface area contributed by atoms with Gasteiger partial charge in [-0.05, 0) is 30.7 Å². The first-order valence-corrected chi connectivity index (χ1v) is 6.25. The number of hydrogen-bond acceptors (Lipinski definition) is 3. The number of aliphatic hydroxyl groups is 1. The highest BCUT2D eigenvalue weighted by atomic mass is 16.3. The van der Waals surface area contributed by atoms with E-state index < -0.39 is 6.10 Å². The lowest BCUT2D eigenvalue weighted by Crippen LogP contribution is -2.28. The van der Waals surface area contributed by atoms with E-state index in [1.807, 2.05) is 31.3 Å². The van der Waals surface area contributed by atoms with Crippen molar-refractivity contribution in [1.29, 1.82) is 0 Å². The molecule has 2 atom stereocenters. The van der Waals surface area contributed by atoms with Gasteiger partial charge in [0.2, 0.25) is 0 Å². The molecule has 1 aromatic carbocycles. The molecule has 0 aliphatic heterocycles. The Morgan fingerprint density at radius 1 is 1.35 bits per heavy atom. The Kier molecular flexibility index (Phi) is 5.45. The Bertz CT molecular complexity index is 341. The highest BCUT2D eigenvalue weighted by Gasteiger charge is 2.12. The van der Waals surface area contributed by atoms with Crippen LogP contribution >= 0.6 is 0 Å². The molecule has 0 fully saturated rings. The number of nitrogen functional groups attached to an aromatic ring is 1. The molecular weight excluding hydrogens is 212 g/mol. The number of nitrogens with two attached hydrogens (primary N) is 1. The van der Waals surface area contributed by atoms with Gasteiger partial charge in [0.25, 0.3) is 0 Å². The van der Waals surface area contributed by atoms with Gasteiger partial charge in [-0.1, -0.05) is 32.4 Å². The van der Waals surface area contributed by atoms with Gasteiger partial charge < -0.3 is 15.7 Å². The first-order chi connectivity index (χ1) is 8.02. The zero-order valence-electron chi connectivity index (χ0n) is 11.1. The summed E-state index contributed by atoms with van der Waals surface area (Å²) < 4.78 is 0. The minimum Gasteiger partial charge on any atom is -0.399 e. The van der Waals surface area contributed by atoms with Crippen LogP contribution in [0.25, 0.3) is 0 Å². The molecule has 0 aliphatic carbocycles. The molecule has 0 aliphatic rings. The molecular formula is C14H24N2O. The number of anilines is 1. The number of benzene rings is 1. The van der Waals surface area contributed by atoms with E-state index in [1.165, 1.54) is 6.42 Å². The Morgan fingerprint density at radius 3 is 2.65 bits per heavy atom. The zero-order valence-corrected chi connectivity index (χ0v) is 11.1. The van der Waals surface area contributed by atoms with Crippen LogP contribution in [0.5, 0.6) is 0 Å². The fourth-order valence-electron chi connectivity index (χ4n) is 1.90. The molecule has 0 radical (unpaired) electrons. The maximum Gasteiger partial charge on any atom is 0.0917 e. The van der Waals surface area contributed by atoms with E-state index in [1.54, 1.807) is 0 Å². The molecule has 0 aromatic heterocycles. The lowest BCUT2D eigenvalue weighted by atomic mass is 10.1. The Morgan fingerprint density at radius 2 is 2.06 bits per heavy atom. The monoisotopic (exact) mass is 236 g/mol.